The molecule has 24 heavy (non-hydrogen) atoms. The van der Waals surface area contributed by atoms with Gasteiger partial charge in [0.25, 0.3) is 0 Å². The molecule has 0 radical (unpaired) electrons. The number of hydrogen-bond donors (Lipinski definition) is 1. The second kappa shape index (κ2) is 7.14. The van der Waals surface area contributed by atoms with Crippen molar-refractivity contribution in [3.05, 3.63) is 22.4 Å². The molecule has 1 saturated carbocycles. The highest BCUT2D eigenvalue weighted by Crippen LogP contribution is 2.46. The summed E-state index contributed by atoms with van der Waals surface area (Å²) in [4.78, 5) is 14.3. The molecule has 2 aliphatic rings. The van der Waals surface area contributed by atoms with E-state index in [0.29, 0.717) is 19.5 Å². The minimum Gasteiger partial charge on any atom is -0.355 e. The standard InChI is InChI=1S/C17H26N2O3S2/c1-2-19-15-7-3-4-9-17(15,10-13-24(19,21)22)16(20)18-11-8-14-6-5-12-23-14/h5-6,12,15H,2-4,7-11,13H2,1H3,(H,18,20)/t15-,17-/m1/s1. The molecule has 2 fully saturated rings. The Balaban J connectivity index is 1.73. The molecule has 1 aromatic rings. The van der Waals surface area contributed by atoms with Crippen LogP contribution in [0.4, 0.5) is 0 Å². The first-order valence-corrected chi connectivity index (χ1v) is 11.3. The van der Waals surface area contributed by atoms with Crippen molar-refractivity contribution >= 4 is 27.3 Å². The first kappa shape index (κ1) is 17.9. The van der Waals surface area contributed by atoms with Crippen LogP contribution in [-0.4, -0.2) is 43.5 Å². The van der Waals surface area contributed by atoms with Crippen LogP contribution in [0.25, 0.3) is 0 Å². The molecule has 0 unspecified atom stereocenters. The Morgan fingerprint density at radius 2 is 2.25 bits per heavy atom. The van der Waals surface area contributed by atoms with Gasteiger partial charge in [0.05, 0.1) is 11.2 Å². The highest BCUT2D eigenvalue weighted by molar-refractivity contribution is 7.89. The van der Waals surface area contributed by atoms with E-state index in [1.54, 1.807) is 15.6 Å². The quantitative estimate of drug-likeness (QED) is 0.865. The van der Waals surface area contributed by atoms with Gasteiger partial charge in [0.1, 0.15) is 0 Å². The number of fused-ring (bicyclic) bond motifs is 1. The number of nitrogens with zero attached hydrogens (tertiary/aromatic N) is 1. The molecule has 1 saturated heterocycles. The lowest BCUT2D eigenvalue weighted by atomic mass is 9.67. The molecule has 0 aromatic carbocycles. The third-order valence-corrected chi connectivity index (χ3v) is 8.38. The molecule has 134 valence electrons. The lowest BCUT2D eigenvalue weighted by Crippen LogP contribution is -2.62. The van der Waals surface area contributed by atoms with Gasteiger partial charge in [-0.1, -0.05) is 25.8 Å². The lowest BCUT2D eigenvalue weighted by molar-refractivity contribution is -0.137. The van der Waals surface area contributed by atoms with Crippen LogP contribution < -0.4 is 5.32 Å². The van der Waals surface area contributed by atoms with Crippen LogP contribution >= 0.6 is 11.3 Å². The van der Waals surface area contributed by atoms with Crippen LogP contribution in [0.1, 0.15) is 43.9 Å². The SMILES string of the molecule is CCN1[C@@H]2CCCC[C@@]2(C(=O)NCCc2cccs2)CCS1(=O)=O. The Morgan fingerprint density at radius 1 is 1.42 bits per heavy atom. The monoisotopic (exact) mass is 370 g/mol. The van der Waals surface area contributed by atoms with Crippen LogP contribution in [0.2, 0.25) is 0 Å². The normalized spacial score (nSPS) is 29.8. The molecule has 1 aromatic heterocycles. The van der Waals surface area contributed by atoms with Crippen molar-refractivity contribution in [2.75, 3.05) is 18.8 Å². The fourth-order valence-corrected chi connectivity index (χ4v) is 6.93. The summed E-state index contributed by atoms with van der Waals surface area (Å²) < 4.78 is 26.4. The van der Waals surface area contributed by atoms with Crippen LogP contribution in [0.3, 0.4) is 0 Å². The van der Waals surface area contributed by atoms with Gasteiger partial charge >= 0.3 is 0 Å². The number of nitrogens with one attached hydrogen (secondary N) is 1. The number of hydrogen-bond acceptors (Lipinski definition) is 4. The summed E-state index contributed by atoms with van der Waals surface area (Å²) in [5.41, 5.74) is -0.533. The molecule has 2 atom stereocenters. The van der Waals surface area contributed by atoms with Crippen molar-refractivity contribution in [3.63, 3.8) is 0 Å². The first-order chi connectivity index (χ1) is 11.5. The molecule has 2 heterocycles. The van der Waals surface area contributed by atoms with Gasteiger partial charge in [-0.3, -0.25) is 4.79 Å². The second-order valence-electron chi connectivity index (χ2n) is 6.77. The molecule has 1 amide bonds. The van der Waals surface area contributed by atoms with Crippen molar-refractivity contribution in [1.82, 2.24) is 9.62 Å². The maximum atomic E-state index is 13.0. The number of thiophene rings is 1. The summed E-state index contributed by atoms with van der Waals surface area (Å²) in [6.07, 6.45) is 4.90. The van der Waals surface area contributed by atoms with Gasteiger partial charge in [0, 0.05) is 24.0 Å². The van der Waals surface area contributed by atoms with E-state index < -0.39 is 15.4 Å². The largest absolute Gasteiger partial charge is 0.355 e. The maximum Gasteiger partial charge on any atom is 0.227 e. The fraction of sp³-hybridized carbons (Fsp3) is 0.706. The van der Waals surface area contributed by atoms with Crippen molar-refractivity contribution in [2.24, 2.45) is 5.41 Å². The molecule has 0 bridgehead atoms. The van der Waals surface area contributed by atoms with Crippen molar-refractivity contribution in [1.29, 1.82) is 0 Å². The van der Waals surface area contributed by atoms with E-state index in [0.717, 1.165) is 32.1 Å². The molecule has 1 aliphatic heterocycles. The molecular weight excluding hydrogens is 344 g/mol. The van der Waals surface area contributed by atoms with Crippen molar-refractivity contribution < 1.29 is 13.2 Å². The maximum absolute atomic E-state index is 13.0. The molecular formula is C17H26N2O3S2. The van der Waals surface area contributed by atoms with Gasteiger partial charge < -0.3 is 5.32 Å². The highest BCUT2D eigenvalue weighted by atomic mass is 32.2. The van der Waals surface area contributed by atoms with E-state index in [1.807, 2.05) is 18.4 Å². The zero-order valence-corrected chi connectivity index (χ0v) is 15.8. The van der Waals surface area contributed by atoms with E-state index in [-0.39, 0.29) is 17.7 Å². The summed E-state index contributed by atoms with van der Waals surface area (Å²) >= 11 is 1.70. The lowest BCUT2D eigenvalue weighted by Gasteiger charge is -2.50. The molecule has 7 heteroatoms. The van der Waals surface area contributed by atoms with Gasteiger partial charge in [-0.05, 0) is 37.1 Å². The Kier molecular flexibility index (Phi) is 5.32. The van der Waals surface area contributed by atoms with Gasteiger partial charge in [-0.2, -0.15) is 4.31 Å². The minimum absolute atomic E-state index is 0.0529. The first-order valence-electron chi connectivity index (χ1n) is 8.80. The van der Waals surface area contributed by atoms with E-state index in [4.69, 9.17) is 0 Å². The molecule has 3 rings (SSSR count). The van der Waals surface area contributed by atoms with Crippen molar-refractivity contribution in [3.8, 4) is 0 Å². The molecule has 1 N–H and O–H groups in total. The fourth-order valence-electron chi connectivity index (χ4n) is 4.28. The molecule has 0 spiro atoms. The zero-order valence-electron chi connectivity index (χ0n) is 14.2. The Morgan fingerprint density at radius 3 is 2.96 bits per heavy atom. The van der Waals surface area contributed by atoms with Crippen LogP contribution in [-0.2, 0) is 21.2 Å². The zero-order chi connectivity index (χ0) is 17.2. The number of sulfonamides is 1. The number of carbonyl (C=O) groups excluding carboxylic acids is 1. The van der Waals surface area contributed by atoms with E-state index >= 15 is 0 Å². The van der Waals surface area contributed by atoms with E-state index in [9.17, 15) is 13.2 Å². The second-order valence-corrected chi connectivity index (χ2v) is 9.85. The average Bonchev–Trinajstić information content (AvgIpc) is 3.07. The predicted molar refractivity (Wildman–Crippen MR) is 96.5 cm³/mol. The van der Waals surface area contributed by atoms with Gasteiger partial charge in [-0.25, -0.2) is 8.42 Å². The number of rotatable bonds is 5. The Bertz CT molecular complexity index is 672. The summed E-state index contributed by atoms with van der Waals surface area (Å²) in [5, 5.41) is 5.14. The summed E-state index contributed by atoms with van der Waals surface area (Å²) in [6, 6.07) is 3.92. The summed E-state index contributed by atoms with van der Waals surface area (Å²) in [6.45, 7) is 2.95. The third kappa shape index (κ3) is 3.26. The van der Waals surface area contributed by atoms with Gasteiger partial charge in [0.15, 0.2) is 0 Å². The number of amides is 1. The van der Waals surface area contributed by atoms with Gasteiger partial charge in [0.2, 0.25) is 15.9 Å². The molecule has 5 nitrogen and oxygen atoms in total. The van der Waals surface area contributed by atoms with E-state index in [2.05, 4.69) is 11.4 Å². The van der Waals surface area contributed by atoms with Gasteiger partial charge in [-0.15, -0.1) is 11.3 Å². The average molecular weight is 371 g/mol. The van der Waals surface area contributed by atoms with Crippen LogP contribution in [0.15, 0.2) is 17.5 Å². The Labute approximate surface area is 148 Å². The summed E-state index contributed by atoms with van der Waals surface area (Å²) in [5.74, 6) is 0.146. The number of carbonyl (C=O) groups is 1. The van der Waals surface area contributed by atoms with Crippen LogP contribution in [0.5, 0.6) is 0 Å². The summed E-state index contributed by atoms with van der Waals surface area (Å²) in [7, 11) is -3.22. The molecule has 1 aliphatic carbocycles. The highest BCUT2D eigenvalue weighted by Gasteiger charge is 2.54. The third-order valence-electron chi connectivity index (χ3n) is 5.50. The topological polar surface area (TPSA) is 66.5 Å². The Hall–Kier alpha value is -0.920. The minimum atomic E-state index is -3.22. The predicted octanol–water partition coefficient (Wildman–Crippen LogP) is 2.39. The van der Waals surface area contributed by atoms with E-state index in [1.165, 1.54) is 4.88 Å². The smallest absolute Gasteiger partial charge is 0.227 e. The van der Waals surface area contributed by atoms with Crippen molar-refractivity contribution in [2.45, 2.75) is 51.5 Å². The van der Waals surface area contributed by atoms with Crippen LogP contribution in [0, 0.1) is 5.41 Å².